The summed E-state index contributed by atoms with van der Waals surface area (Å²) in [7, 11) is 0. The molecule has 0 saturated carbocycles. The van der Waals surface area contributed by atoms with Crippen molar-refractivity contribution in [3.63, 3.8) is 0 Å². The predicted octanol–water partition coefficient (Wildman–Crippen LogP) is 4.40. The smallest absolute Gasteiger partial charge is 0.253 e. The second-order valence-corrected chi connectivity index (χ2v) is 7.12. The molecule has 0 aliphatic heterocycles. The first kappa shape index (κ1) is 17.5. The molecular weight excluding hydrogens is 334 g/mol. The summed E-state index contributed by atoms with van der Waals surface area (Å²) < 4.78 is 7.60. The second kappa shape index (κ2) is 7.70. The maximum absolute atomic E-state index is 12.6. The van der Waals surface area contributed by atoms with E-state index in [4.69, 9.17) is 4.42 Å². The molecule has 0 aliphatic rings. The van der Waals surface area contributed by atoms with Crippen LogP contribution in [0.4, 0.5) is 0 Å². The fourth-order valence-corrected chi connectivity index (χ4v) is 3.41. The van der Waals surface area contributed by atoms with Crippen LogP contribution in [0.3, 0.4) is 0 Å². The van der Waals surface area contributed by atoms with Gasteiger partial charge in [0.25, 0.3) is 5.91 Å². The quantitative estimate of drug-likeness (QED) is 0.638. The minimum Gasteiger partial charge on any atom is -0.467 e. The van der Waals surface area contributed by atoms with Crippen LogP contribution in [0.25, 0.3) is 11.4 Å². The van der Waals surface area contributed by atoms with Crippen LogP contribution in [0.1, 0.15) is 46.6 Å². The third kappa shape index (κ3) is 3.85. The molecule has 0 radical (unpaired) electrons. The number of nitrogens with one attached hydrogen (secondary N) is 1. The van der Waals surface area contributed by atoms with Crippen molar-refractivity contribution in [2.75, 3.05) is 6.54 Å². The Labute approximate surface area is 151 Å². The number of hydrogen-bond donors (Lipinski definition) is 1. The van der Waals surface area contributed by atoms with Gasteiger partial charge in [0.15, 0.2) is 0 Å². The van der Waals surface area contributed by atoms with Gasteiger partial charge in [0.1, 0.15) is 5.76 Å². The lowest BCUT2D eigenvalue weighted by Gasteiger charge is -2.09. The summed E-state index contributed by atoms with van der Waals surface area (Å²) in [6, 6.07) is 5.75. The van der Waals surface area contributed by atoms with E-state index in [1.165, 1.54) is 0 Å². The molecule has 1 amide bonds. The molecule has 132 valence electrons. The van der Waals surface area contributed by atoms with Gasteiger partial charge in [-0.3, -0.25) is 4.79 Å². The topological polar surface area (TPSA) is 60.1 Å². The summed E-state index contributed by atoms with van der Waals surface area (Å²) in [5.41, 5.74) is 3.46. The highest BCUT2D eigenvalue weighted by Crippen LogP contribution is 2.28. The van der Waals surface area contributed by atoms with Gasteiger partial charge in [0.05, 0.1) is 34.8 Å². The fraction of sp³-hybridized carbons (Fsp3) is 0.368. The van der Waals surface area contributed by atoms with Crippen molar-refractivity contribution >= 4 is 17.2 Å². The third-order valence-corrected chi connectivity index (χ3v) is 4.98. The number of unbranched alkanes of at least 4 members (excludes halogenated alkanes) is 1. The number of aromatic nitrogens is 2. The number of hydrogen-bond acceptors (Lipinski definition) is 4. The molecule has 0 saturated heterocycles. The van der Waals surface area contributed by atoms with Crippen LogP contribution in [-0.2, 0) is 6.54 Å². The van der Waals surface area contributed by atoms with E-state index in [1.54, 1.807) is 17.6 Å². The highest BCUT2D eigenvalue weighted by Gasteiger charge is 2.20. The van der Waals surface area contributed by atoms with Crippen LogP contribution in [-0.4, -0.2) is 22.0 Å². The minimum absolute atomic E-state index is 0.0302. The van der Waals surface area contributed by atoms with Gasteiger partial charge in [-0.15, -0.1) is 11.3 Å². The summed E-state index contributed by atoms with van der Waals surface area (Å²) in [5, 5.41) is 6.04. The maximum atomic E-state index is 12.6. The van der Waals surface area contributed by atoms with Crippen LogP contribution in [0.15, 0.2) is 34.3 Å². The number of carbonyl (C=O) groups is 1. The molecule has 0 aliphatic carbocycles. The summed E-state index contributed by atoms with van der Waals surface area (Å²) in [4.78, 5) is 17.2. The Bertz CT molecular complexity index is 846. The second-order valence-electron chi connectivity index (χ2n) is 6.06. The highest BCUT2D eigenvalue weighted by molar-refractivity contribution is 7.09. The van der Waals surface area contributed by atoms with Crippen molar-refractivity contribution in [2.24, 2.45) is 0 Å². The molecule has 3 aromatic rings. The van der Waals surface area contributed by atoms with Gasteiger partial charge in [0, 0.05) is 17.6 Å². The largest absolute Gasteiger partial charge is 0.467 e. The van der Waals surface area contributed by atoms with E-state index < -0.39 is 0 Å². The molecule has 0 spiro atoms. The molecule has 6 heteroatoms. The first-order chi connectivity index (χ1) is 12.1. The Morgan fingerprint density at radius 3 is 2.88 bits per heavy atom. The van der Waals surface area contributed by atoms with Gasteiger partial charge in [-0.1, -0.05) is 13.3 Å². The number of thiazole rings is 1. The molecule has 0 fully saturated rings. The number of amides is 1. The standard InChI is InChI=1S/C19H23N3O2S/c1-4-5-8-20-19(23)16-10-18(17-12-25-14(3)21-17)22(13(16)2)11-15-7-6-9-24-15/h6-7,9-10,12H,4-5,8,11H2,1-3H3,(H,20,23). The van der Waals surface area contributed by atoms with Crippen LogP contribution in [0.5, 0.6) is 0 Å². The molecule has 0 bridgehead atoms. The SMILES string of the molecule is CCCCNC(=O)c1cc(-c2csc(C)n2)n(Cc2ccco2)c1C. The molecule has 5 nitrogen and oxygen atoms in total. The molecule has 3 aromatic heterocycles. The van der Waals surface area contributed by atoms with E-state index in [0.29, 0.717) is 18.7 Å². The van der Waals surface area contributed by atoms with Crippen molar-refractivity contribution in [1.82, 2.24) is 14.9 Å². The Kier molecular flexibility index (Phi) is 5.38. The molecule has 3 rings (SSSR count). The Balaban J connectivity index is 1.97. The lowest BCUT2D eigenvalue weighted by Crippen LogP contribution is -2.24. The van der Waals surface area contributed by atoms with Gasteiger partial charge < -0.3 is 14.3 Å². The third-order valence-electron chi connectivity index (χ3n) is 4.20. The van der Waals surface area contributed by atoms with E-state index in [-0.39, 0.29) is 5.91 Å². The first-order valence-corrected chi connectivity index (χ1v) is 9.41. The van der Waals surface area contributed by atoms with Crippen molar-refractivity contribution < 1.29 is 9.21 Å². The molecule has 25 heavy (non-hydrogen) atoms. The summed E-state index contributed by atoms with van der Waals surface area (Å²) in [5.74, 6) is 0.821. The lowest BCUT2D eigenvalue weighted by molar-refractivity contribution is 0.0952. The van der Waals surface area contributed by atoms with Crippen molar-refractivity contribution in [3.05, 3.63) is 51.9 Å². The van der Waals surface area contributed by atoms with E-state index >= 15 is 0 Å². The lowest BCUT2D eigenvalue weighted by atomic mass is 10.2. The normalized spacial score (nSPS) is 11.0. The van der Waals surface area contributed by atoms with E-state index in [2.05, 4.69) is 21.8 Å². The van der Waals surface area contributed by atoms with Gasteiger partial charge in [-0.2, -0.15) is 0 Å². The van der Waals surface area contributed by atoms with Crippen LogP contribution < -0.4 is 5.32 Å². The molecule has 3 heterocycles. The molecule has 0 unspecified atom stereocenters. The number of nitrogens with zero attached hydrogens (tertiary/aromatic N) is 2. The number of rotatable bonds is 7. The Morgan fingerprint density at radius 2 is 2.24 bits per heavy atom. The van der Waals surface area contributed by atoms with Gasteiger partial charge in [-0.25, -0.2) is 4.98 Å². The molecular formula is C19H23N3O2S. The fourth-order valence-electron chi connectivity index (χ4n) is 2.80. The maximum Gasteiger partial charge on any atom is 0.253 e. The highest BCUT2D eigenvalue weighted by atomic mass is 32.1. The predicted molar refractivity (Wildman–Crippen MR) is 100 cm³/mol. The van der Waals surface area contributed by atoms with Gasteiger partial charge in [-0.05, 0) is 38.5 Å². The average molecular weight is 357 g/mol. The summed E-state index contributed by atoms with van der Waals surface area (Å²) >= 11 is 1.61. The summed E-state index contributed by atoms with van der Waals surface area (Å²) in [6.07, 6.45) is 3.71. The first-order valence-electron chi connectivity index (χ1n) is 8.53. The molecule has 1 N–H and O–H groups in total. The Morgan fingerprint density at radius 1 is 1.40 bits per heavy atom. The summed E-state index contributed by atoms with van der Waals surface area (Å²) in [6.45, 7) is 7.34. The monoisotopic (exact) mass is 357 g/mol. The van der Waals surface area contributed by atoms with Crippen molar-refractivity contribution in [3.8, 4) is 11.4 Å². The zero-order valence-electron chi connectivity index (χ0n) is 14.8. The van der Waals surface area contributed by atoms with Crippen molar-refractivity contribution in [1.29, 1.82) is 0 Å². The van der Waals surface area contributed by atoms with Crippen LogP contribution in [0.2, 0.25) is 0 Å². The zero-order valence-corrected chi connectivity index (χ0v) is 15.7. The van der Waals surface area contributed by atoms with Crippen LogP contribution >= 0.6 is 11.3 Å². The minimum atomic E-state index is -0.0302. The molecule has 0 aromatic carbocycles. The van der Waals surface area contributed by atoms with Gasteiger partial charge in [0.2, 0.25) is 0 Å². The number of carbonyl (C=O) groups excluding carboxylic acids is 1. The van der Waals surface area contributed by atoms with Crippen LogP contribution in [0, 0.1) is 13.8 Å². The molecule has 0 atom stereocenters. The Hall–Kier alpha value is -2.34. The number of aryl methyl sites for hydroxylation is 1. The number of furan rings is 1. The zero-order chi connectivity index (χ0) is 17.8. The van der Waals surface area contributed by atoms with E-state index in [9.17, 15) is 4.79 Å². The van der Waals surface area contributed by atoms with Crippen molar-refractivity contribution in [2.45, 2.75) is 40.2 Å². The van der Waals surface area contributed by atoms with E-state index in [0.717, 1.165) is 40.7 Å². The van der Waals surface area contributed by atoms with E-state index in [1.807, 2.05) is 37.4 Å². The average Bonchev–Trinajstić information content (AvgIpc) is 3.31. The van der Waals surface area contributed by atoms with Gasteiger partial charge >= 0.3 is 0 Å².